The maximum Gasteiger partial charge on any atom is 0.275 e. The van der Waals surface area contributed by atoms with Gasteiger partial charge in [-0.2, -0.15) is 0 Å². The summed E-state index contributed by atoms with van der Waals surface area (Å²) in [6.45, 7) is 3.96. The molecule has 0 atom stereocenters. The smallest absolute Gasteiger partial charge is 0.275 e. The second-order valence-electron chi connectivity index (χ2n) is 5.51. The Balaban J connectivity index is 1.66. The van der Waals surface area contributed by atoms with Crippen molar-refractivity contribution in [1.29, 1.82) is 0 Å². The maximum absolute atomic E-state index is 12.5. The first-order valence-corrected chi connectivity index (χ1v) is 9.13. The summed E-state index contributed by atoms with van der Waals surface area (Å²) in [6.07, 6.45) is 1.90. The lowest BCUT2D eigenvalue weighted by Crippen LogP contribution is -2.13. The molecule has 0 fully saturated rings. The van der Waals surface area contributed by atoms with Gasteiger partial charge in [0.25, 0.3) is 5.91 Å². The Labute approximate surface area is 146 Å². The van der Waals surface area contributed by atoms with E-state index in [0.717, 1.165) is 21.9 Å². The largest absolute Gasteiger partial charge is 0.297 e. The van der Waals surface area contributed by atoms with E-state index in [2.05, 4.69) is 34.3 Å². The first-order chi connectivity index (χ1) is 11.6. The maximum atomic E-state index is 12.5. The van der Waals surface area contributed by atoms with E-state index in [4.69, 9.17) is 0 Å². The molecule has 1 aromatic carbocycles. The summed E-state index contributed by atoms with van der Waals surface area (Å²) in [6, 6.07) is 8.20. The van der Waals surface area contributed by atoms with Crippen molar-refractivity contribution in [1.82, 2.24) is 14.4 Å². The molecule has 3 heterocycles. The van der Waals surface area contributed by atoms with Crippen LogP contribution in [0.2, 0.25) is 0 Å². The summed E-state index contributed by atoms with van der Waals surface area (Å²) in [5.41, 5.74) is 4.57. The number of amides is 1. The number of hydrogen-bond donors (Lipinski definition) is 1. The van der Waals surface area contributed by atoms with Crippen LogP contribution < -0.4 is 5.32 Å². The van der Waals surface area contributed by atoms with Crippen molar-refractivity contribution >= 4 is 38.7 Å². The Hall–Kier alpha value is -2.51. The molecule has 1 N–H and O–H groups in total. The number of carbonyl (C=O) groups excluding carboxylic acids is 1. The van der Waals surface area contributed by atoms with E-state index in [1.165, 1.54) is 28.2 Å². The van der Waals surface area contributed by atoms with Gasteiger partial charge < -0.3 is 0 Å². The molecule has 0 bridgehead atoms. The van der Waals surface area contributed by atoms with Gasteiger partial charge in [0.15, 0.2) is 10.1 Å². The number of carbonyl (C=O) groups is 1. The quantitative estimate of drug-likeness (QED) is 0.594. The molecule has 4 aromatic rings. The normalized spacial score (nSPS) is 11.1. The number of aromatic nitrogens is 3. The molecule has 0 aliphatic carbocycles. The highest BCUT2D eigenvalue weighted by Crippen LogP contribution is 2.25. The van der Waals surface area contributed by atoms with Gasteiger partial charge in [0.05, 0.1) is 11.4 Å². The van der Waals surface area contributed by atoms with Crippen molar-refractivity contribution in [3.05, 3.63) is 58.2 Å². The SMILES string of the molecule is Cc1ccc(-c2cn3c(C(=O)Nc4nc(C)cs4)csc3n2)cc1. The molecule has 3 aromatic heterocycles. The van der Waals surface area contributed by atoms with Gasteiger partial charge in [-0.25, -0.2) is 9.97 Å². The van der Waals surface area contributed by atoms with Gasteiger partial charge in [-0.15, -0.1) is 22.7 Å². The molecule has 24 heavy (non-hydrogen) atoms. The van der Waals surface area contributed by atoms with Gasteiger partial charge in [-0.05, 0) is 13.8 Å². The number of fused-ring (bicyclic) bond motifs is 1. The van der Waals surface area contributed by atoms with E-state index >= 15 is 0 Å². The van der Waals surface area contributed by atoms with Crippen molar-refractivity contribution in [2.45, 2.75) is 13.8 Å². The average Bonchev–Trinajstić information content (AvgIpc) is 3.23. The summed E-state index contributed by atoms with van der Waals surface area (Å²) < 4.78 is 1.83. The number of hydrogen-bond acceptors (Lipinski definition) is 5. The third kappa shape index (κ3) is 2.72. The second kappa shape index (κ2) is 5.85. The summed E-state index contributed by atoms with van der Waals surface area (Å²) in [5, 5.41) is 7.17. The number of anilines is 1. The molecular formula is C17H14N4OS2. The van der Waals surface area contributed by atoms with E-state index in [9.17, 15) is 4.79 Å². The molecule has 0 saturated heterocycles. The standard InChI is InChI=1S/C17H14N4OS2/c1-10-3-5-12(6-4-10)13-7-21-14(9-24-17(21)19-13)15(22)20-16-18-11(2)8-23-16/h3-9H,1-2H3,(H,18,20,22). The highest BCUT2D eigenvalue weighted by Gasteiger charge is 2.16. The topological polar surface area (TPSA) is 59.3 Å². The van der Waals surface area contributed by atoms with Gasteiger partial charge in [0, 0.05) is 22.5 Å². The third-order valence-electron chi connectivity index (χ3n) is 3.63. The van der Waals surface area contributed by atoms with E-state index < -0.39 is 0 Å². The molecule has 1 amide bonds. The second-order valence-corrected chi connectivity index (χ2v) is 7.21. The Morgan fingerprint density at radius 3 is 2.58 bits per heavy atom. The van der Waals surface area contributed by atoms with Crippen LogP contribution in [0.4, 0.5) is 5.13 Å². The van der Waals surface area contributed by atoms with E-state index in [-0.39, 0.29) is 5.91 Å². The average molecular weight is 354 g/mol. The van der Waals surface area contributed by atoms with E-state index in [0.29, 0.717) is 10.8 Å². The molecule has 0 radical (unpaired) electrons. The van der Waals surface area contributed by atoms with Crippen LogP contribution in [0.3, 0.4) is 0 Å². The van der Waals surface area contributed by atoms with Crippen LogP contribution in [0.25, 0.3) is 16.2 Å². The number of rotatable bonds is 3. The fraction of sp³-hybridized carbons (Fsp3) is 0.118. The van der Waals surface area contributed by atoms with Gasteiger partial charge in [-0.1, -0.05) is 29.8 Å². The minimum atomic E-state index is -0.177. The number of benzene rings is 1. The Morgan fingerprint density at radius 1 is 1.08 bits per heavy atom. The molecule has 4 rings (SSSR count). The number of nitrogens with zero attached hydrogens (tertiary/aromatic N) is 3. The lowest BCUT2D eigenvalue weighted by atomic mass is 10.1. The minimum Gasteiger partial charge on any atom is -0.297 e. The van der Waals surface area contributed by atoms with Crippen molar-refractivity contribution in [3.63, 3.8) is 0 Å². The molecule has 0 spiro atoms. The predicted molar refractivity (Wildman–Crippen MR) is 98.0 cm³/mol. The summed E-state index contributed by atoms with van der Waals surface area (Å²) in [7, 11) is 0. The molecule has 120 valence electrons. The monoisotopic (exact) mass is 354 g/mol. The summed E-state index contributed by atoms with van der Waals surface area (Å²) in [5.74, 6) is -0.177. The zero-order chi connectivity index (χ0) is 16.7. The van der Waals surface area contributed by atoms with Crippen LogP contribution in [-0.2, 0) is 0 Å². The van der Waals surface area contributed by atoms with Crippen molar-refractivity contribution < 1.29 is 4.79 Å². The number of imidazole rings is 1. The Bertz CT molecular complexity index is 1030. The zero-order valence-corrected chi connectivity index (χ0v) is 14.7. The third-order valence-corrected chi connectivity index (χ3v) is 5.34. The highest BCUT2D eigenvalue weighted by molar-refractivity contribution is 7.15. The molecule has 0 unspecified atom stereocenters. The summed E-state index contributed by atoms with van der Waals surface area (Å²) >= 11 is 2.87. The molecule has 0 aliphatic heterocycles. The molecule has 0 aliphatic rings. The van der Waals surface area contributed by atoms with Crippen LogP contribution in [0.5, 0.6) is 0 Å². The molecule has 0 saturated carbocycles. The Morgan fingerprint density at radius 2 is 1.88 bits per heavy atom. The minimum absolute atomic E-state index is 0.177. The lowest BCUT2D eigenvalue weighted by molar-refractivity contribution is 0.102. The van der Waals surface area contributed by atoms with Crippen LogP contribution in [0.1, 0.15) is 21.7 Å². The van der Waals surface area contributed by atoms with E-state index in [1.807, 2.05) is 40.4 Å². The molecule has 7 heteroatoms. The van der Waals surface area contributed by atoms with Gasteiger partial charge >= 0.3 is 0 Å². The molecular weight excluding hydrogens is 340 g/mol. The van der Waals surface area contributed by atoms with Gasteiger partial charge in [-0.3, -0.25) is 14.5 Å². The van der Waals surface area contributed by atoms with Gasteiger partial charge in [0.1, 0.15) is 5.69 Å². The summed E-state index contributed by atoms with van der Waals surface area (Å²) in [4.78, 5) is 22.2. The first kappa shape index (κ1) is 15.0. The fourth-order valence-electron chi connectivity index (χ4n) is 2.38. The van der Waals surface area contributed by atoms with E-state index in [1.54, 1.807) is 0 Å². The van der Waals surface area contributed by atoms with Gasteiger partial charge in [0.2, 0.25) is 0 Å². The van der Waals surface area contributed by atoms with Crippen LogP contribution in [-0.4, -0.2) is 20.3 Å². The first-order valence-electron chi connectivity index (χ1n) is 7.37. The number of thiazole rings is 2. The van der Waals surface area contributed by atoms with Crippen LogP contribution >= 0.6 is 22.7 Å². The van der Waals surface area contributed by atoms with Crippen molar-refractivity contribution in [3.8, 4) is 11.3 Å². The predicted octanol–water partition coefficient (Wildman–Crippen LogP) is 4.39. The highest BCUT2D eigenvalue weighted by atomic mass is 32.1. The van der Waals surface area contributed by atoms with Crippen LogP contribution in [0, 0.1) is 13.8 Å². The van der Waals surface area contributed by atoms with Crippen LogP contribution in [0.15, 0.2) is 41.2 Å². The number of aryl methyl sites for hydroxylation is 2. The van der Waals surface area contributed by atoms with Crippen molar-refractivity contribution in [2.24, 2.45) is 0 Å². The van der Waals surface area contributed by atoms with Crippen molar-refractivity contribution in [2.75, 3.05) is 5.32 Å². The molecule has 5 nitrogen and oxygen atoms in total. The fourth-order valence-corrected chi connectivity index (χ4v) is 3.92. The zero-order valence-electron chi connectivity index (χ0n) is 13.1. The number of nitrogens with one attached hydrogen (secondary N) is 1. The lowest BCUT2D eigenvalue weighted by Gasteiger charge is -2.00. The Kier molecular flexibility index (Phi) is 3.66.